The minimum absolute atomic E-state index is 0.135. The summed E-state index contributed by atoms with van der Waals surface area (Å²) < 4.78 is 0. The molecule has 0 aliphatic carbocycles. The van der Waals surface area contributed by atoms with Crippen LogP contribution in [0.1, 0.15) is 33.3 Å². The smallest absolute Gasteiger partial charge is 0.139 e. The molecule has 1 rings (SSSR count). The highest BCUT2D eigenvalue weighted by Gasteiger charge is 2.24. The van der Waals surface area contributed by atoms with Crippen molar-refractivity contribution in [3.05, 3.63) is 35.9 Å². The number of benzene rings is 1. The molecule has 1 unspecified atom stereocenters. The van der Waals surface area contributed by atoms with Crippen molar-refractivity contribution in [1.29, 1.82) is 0 Å². The number of ketones is 1. The van der Waals surface area contributed by atoms with Gasteiger partial charge in [0.25, 0.3) is 0 Å². The zero-order valence-electron chi connectivity index (χ0n) is 10.7. The molecule has 0 radical (unpaired) electrons. The minimum atomic E-state index is 0.135. The molecule has 88 valence electrons. The molecule has 16 heavy (non-hydrogen) atoms. The topological polar surface area (TPSA) is 17.1 Å². The molecule has 0 amide bonds. The van der Waals surface area contributed by atoms with Crippen molar-refractivity contribution in [2.75, 3.05) is 0 Å². The summed E-state index contributed by atoms with van der Waals surface area (Å²) in [6.45, 7) is 8.24. The summed E-state index contributed by atoms with van der Waals surface area (Å²) in [5, 5.41) is 0. The Labute approximate surface area is 98.9 Å². The molecule has 0 N–H and O–H groups in total. The van der Waals surface area contributed by atoms with Crippen LogP contribution in [0, 0.1) is 17.8 Å². The largest absolute Gasteiger partial charge is 0.299 e. The third kappa shape index (κ3) is 3.48. The van der Waals surface area contributed by atoms with Crippen LogP contribution in [0.3, 0.4) is 0 Å². The van der Waals surface area contributed by atoms with Gasteiger partial charge in [0, 0.05) is 11.8 Å². The van der Waals surface area contributed by atoms with Crippen LogP contribution in [-0.4, -0.2) is 5.78 Å². The fourth-order valence-corrected chi connectivity index (χ4v) is 1.96. The molecule has 0 heterocycles. The average Bonchev–Trinajstić information content (AvgIpc) is 2.26. The van der Waals surface area contributed by atoms with Crippen molar-refractivity contribution in [3.8, 4) is 0 Å². The maximum atomic E-state index is 12.1. The van der Waals surface area contributed by atoms with E-state index in [4.69, 9.17) is 0 Å². The van der Waals surface area contributed by atoms with Crippen molar-refractivity contribution >= 4 is 5.78 Å². The lowest BCUT2D eigenvalue weighted by molar-refractivity contribution is -0.127. The Kier molecular flexibility index (Phi) is 4.72. The molecule has 1 atom stereocenters. The fraction of sp³-hybridized carbons (Fsp3) is 0.533. The van der Waals surface area contributed by atoms with E-state index >= 15 is 0 Å². The second kappa shape index (κ2) is 5.83. The van der Waals surface area contributed by atoms with E-state index in [-0.39, 0.29) is 11.8 Å². The zero-order valence-corrected chi connectivity index (χ0v) is 10.7. The first-order valence-electron chi connectivity index (χ1n) is 6.10. The molecular formula is C15H22O. The second-order valence-corrected chi connectivity index (χ2v) is 5.10. The number of hydrogen-bond donors (Lipinski definition) is 0. The van der Waals surface area contributed by atoms with Crippen LogP contribution in [0.25, 0.3) is 0 Å². The van der Waals surface area contributed by atoms with Gasteiger partial charge in [-0.3, -0.25) is 4.79 Å². The highest BCUT2D eigenvalue weighted by atomic mass is 16.1. The SMILES string of the molecule is CC(C)C(=O)C(Cc1ccccc1)C(C)C. The summed E-state index contributed by atoms with van der Waals surface area (Å²) in [6.07, 6.45) is 0.871. The lowest BCUT2D eigenvalue weighted by Gasteiger charge is -2.21. The molecule has 0 aliphatic rings. The summed E-state index contributed by atoms with van der Waals surface area (Å²) in [4.78, 5) is 12.1. The van der Waals surface area contributed by atoms with E-state index in [1.54, 1.807) is 0 Å². The Bertz CT molecular complexity index is 325. The minimum Gasteiger partial charge on any atom is -0.299 e. The molecule has 1 aromatic rings. The molecule has 0 bridgehead atoms. The molecule has 0 saturated heterocycles. The predicted molar refractivity (Wildman–Crippen MR) is 68.3 cm³/mol. The third-order valence-corrected chi connectivity index (χ3v) is 3.04. The van der Waals surface area contributed by atoms with E-state index in [2.05, 4.69) is 26.0 Å². The first-order chi connectivity index (χ1) is 7.52. The van der Waals surface area contributed by atoms with Gasteiger partial charge < -0.3 is 0 Å². The number of carbonyl (C=O) groups excluding carboxylic acids is 1. The summed E-state index contributed by atoms with van der Waals surface area (Å²) in [6, 6.07) is 10.3. The molecule has 0 aromatic heterocycles. The van der Waals surface area contributed by atoms with Gasteiger partial charge in [-0.15, -0.1) is 0 Å². The van der Waals surface area contributed by atoms with Crippen molar-refractivity contribution in [1.82, 2.24) is 0 Å². The lowest BCUT2D eigenvalue weighted by Crippen LogP contribution is -2.26. The van der Waals surface area contributed by atoms with E-state index in [9.17, 15) is 4.79 Å². The predicted octanol–water partition coefficient (Wildman–Crippen LogP) is 3.73. The maximum Gasteiger partial charge on any atom is 0.139 e. The first kappa shape index (κ1) is 13.0. The molecule has 0 saturated carbocycles. The van der Waals surface area contributed by atoms with E-state index in [0.717, 1.165) is 6.42 Å². The first-order valence-corrected chi connectivity index (χ1v) is 6.10. The van der Waals surface area contributed by atoms with Gasteiger partial charge in [0.15, 0.2) is 0 Å². The van der Waals surface area contributed by atoms with Crippen LogP contribution in [-0.2, 0) is 11.2 Å². The molecule has 1 aromatic carbocycles. The Morgan fingerprint density at radius 2 is 1.62 bits per heavy atom. The molecule has 1 heteroatoms. The van der Waals surface area contributed by atoms with Gasteiger partial charge in [-0.25, -0.2) is 0 Å². The zero-order chi connectivity index (χ0) is 12.1. The second-order valence-electron chi connectivity index (χ2n) is 5.10. The van der Waals surface area contributed by atoms with E-state index in [1.807, 2.05) is 32.0 Å². The van der Waals surface area contributed by atoms with Crippen molar-refractivity contribution < 1.29 is 4.79 Å². The van der Waals surface area contributed by atoms with Gasteiger partial charge in [0.2, 0.25) is 0 Å². The number of rotatable bonds is 5. The lowest BCUT2D eigenvalue weighted by atomic mass is 9.82. The van der Waals surface area contributed by atoms with Crippen molar-refractivity contribution in [2.45, 2.75) is 34.1 Å². The summed E-state index contributed by atoms with van der Waals surface area (Å²) in [7, 11) is 0. The van der Waals surface area contributed by atoms with Crippen LogP contribution in [0.2, 0.25) is 0 Å². The van der Waals surface area contributed by atoms with Gasteiger partial charge in [-0.1, -0.05) is 58.0 Å². The highest BCUT2D eigenvalue weighted by Crippen LogP contribution is 2.21. The van der Waals surface area contributed by atoms with Crippen LogP contribution in [0.4, 0.5) is 0 Å². The van der Waals surface area contributed by atoms with E-state index in [0.29, 0.717) is 11.7 Å². The molecule has 0 aliphatic heterocycles. The van der Waals surface area contributed by atoms with Gasteiger partial charge in [0.05, 0.1) is 0 Å². The number of hydrogen-bond acceptors (Lipinski definition) is 1. The quantitative estimate of drug-likeness (QED) is 0.736. The van der Waals surface area contributed by atoms with Crippen LogP contribution >= 0.6 is 0 Å². The number of Topliss-reactive ketones (excluding diaryl/α,β-unsaturated/α-hetero) is 1. The summed E-state index contributed by atoms with van der Waals surface area (Å²) in [5.74, 6) is 1.09. The van der Waals surface area contributed by atoms with Crippen LogP contribution in [0.15, 0.2) is 30.3 Å². The summed E-state index contributed by atoms with van der Waals surface area (Å²) in [5.41, 5.74) is 1.26. The highest BCUT2D eigenvalue weighted by molar-refractivity contribution is 5.83. The van der Waals surface area contributed by atoms with Crippen LogP contribution < -0.4 is 0 Å². The van der Waals surface area contributed by atoms with Gasteiger partial charge in [0.1, 0.15) is 5.78 Å². The standard InChI is InChI=1S/C15H22O/c1-11(2)14(15(16)12(3)4)10-13-8-6-5-7-9-13/h5-9,11-12,14H,10H2,1-4H3. The maximum absolute atomic E-state index is 12.1. The Balaban J connectivity index is 2.77. The molecular weight excluding hydrogens is 196 g/mol. The molecule has 1 nitrogen and oxygen atoms in total. The van der Waals surface area contributed by atoms with Crippen molar-refractivity contribution in [3.63, 3.8) is 0 Å². The number of carbonyl (C=O) groups is 1. The fourth-order valence-electron chi connectivity index (χ4n) is 1.96. The van der Waals surface area contributed by atoms with E-state index in [1.165, 1.54) is 5.56 Å². The Morgan fingerprint density at radius 1 is 1.06 bits per heavy atom. The van der Waals surface area contributed by atoms with Gasteiger partial charge >= 0.3 is 0 Å². The average molecular weight is 218 g/mol. The molecule has 0 fully saturated rings. The molecule has 0 spiro atoms. The Morgan fingerprint density at radius 3 is 2.06 bits per heavy atom. The normalized spacial score (nSPS) is 13.1. The van der Waals surface area contributed by atoms with Crippen molar-refractivity contribution in [2.24, 2.45) is 17.8 Å². The third-order valence-electron chi connectivity index (χ3n) is 3.04. The van der Waals surface area contributed by atoms with Crippen LogP contribution in [0.5, 0.6) is 0 Å². The van der Waals surface area contributed by atoms with Gasteiger partial charge in [-0.2, -0.15) is 0 Å². The summed E-state index contributed by atoms with van der Waals surface area (Å²) >= 11 is 0. The van der Waals surface area contributed by atoms with Gasteiger partial charge in [-0.05, 0) is 17.9 Å². The Hall–Kier alpha value is -1.11. The van der Waals surface area contributed by atoms with E-state index < -0.39 is 0 Å². The monoisotopic (exact) mass is 218 g/mol.